The van der Waals surface area contributed by atoms with Crippen molar-refractivity contribution in [2.24, 2.45) is 5.92 Å². The highest BCUT2D eigenvalue weighted by molar-refractivity contribution is 5.87. The Kier molecular flexibility index (Phi) is 5.35. The first kappa shape index (κ1) is 18.2. The molecule has 3 atom stereocenters. The molecule has 0 saturated heterocycles. The predicted octanol–water partition coefficient (Wildman–Crippen LogP) is 5.04. The van der Waals surface area contributed by atoms with Gasteiger partial charge in [0.15, 0.2) is 0 Å². The van der Waals surface area contributed by atoms with E-state index < -0.39 is 0 Å². The van der Waals surface area contributed by atoms with Gasteiger partial charge in [0.2, 0.25) is 0 Å². The van der Waals surface area contributed by atoms with Gasteiger partial charge in [0.05, 0.1) is 4.92 Å². The number of H-pyrrole nitrogens is 1. The summed E-state index contributed by atoms with van der Waals surface area (Å²) in [5, 5.41) is 16.0. The lowest BCUT2D eigenvalue weighted by Gasteiger charge is -2.33. The molecule has 136 valence electrons. The van der Waals surface area contributed by atoms with Crippen molar-refractivity contribution >= 4 is 29.0 Å². The fourth-order valence-corrected chi connectivity index (χ4v) is 4.60. The van der Waals surface area contributed by atoms with Crippen LogP contribution in [0.3, 0.4) is 0 Å². The minimum atomic E-state index is -0.305. The van der Waals surface area contributed by atoms with Crippen molar-refractivity contribution in [1.29, 1.82) is 0 Å². The molecule has 1 saturated carbocycles. The number of rotatable bonds is 3. The molecule has 2 aliphatic rings. The Labute approximate surface area is 154 Å². The largest absolute Gasteiger partial charge is 0.357 e. The predicted molar refractivity (Wildman–Crippen MR) is 102 cm³/mol. The van der Waals surface area contributed by atoms with Crippen LogP contribution in [0.5, 0.6) is 0 Å². The van der Waals surface area contributed by atoms with Crippen LogP contribution in [0.25, 0.3) is 10.9 Å². The van der Waals surface area contributed by atoms with Crippen molar-refractivity contribution in [3.63, 3.8) is 0 Å². The van der Waals surface area contributed by atoms with Gasteiger partial charge in [-0.25, -0.2) is 0 Å². The third-order valence-electron chi connectivity index (χ3n) is 5.77. The number of non-ortho nitro benzene ring substituents is 1. The summed E-state index contributed by atoms with van der Waals surface area (Å²) in [6.07, 6.45) is 8.49. The quantitative estimate of drug-likeness (QED) is 0.592. The van der Waals surface area contributed by atoms with Crippen LogP contribution in [0.4, 0.5) is 5.69 Å². The van der Waals surface area contributed by atoms with E-state index in [1.165, 1.54) is 36.9 Å². The molecule has 0 spiro atoms. The average Bonchev–Trinajstić information content (AvgIpc) is 2.94. The van der Waals surface area contributed by atoms with E-state index in [1.807, 2.05) is 6.07 Å². The Balaban J connectivity index is 0.00000182. The maximum atomic E-state index is 11.1. The smallest absolute Gasteiger partial charge is 0.270 e. The van der Waals surface area contributed by atoms with E-state index in [0.717, 1.165) is 36.1 Å². The molecule has 5 nitrogen and oxygen atoms in total. The monoisotopic (exact) mass is 363 g/mol. The topological polar surface area (TPSA) is 71.0 Å². The first-order valence-corrected chi connectivity index (χ1v) is 9.16. The Morgan fingerprint density at radius 2 is 2.08 bits per heavy atom. The molecule has 1 aromatic heterocycles. The summed E-state index contributed by atoms with van der Waals surface area (Å²) < 4.78 is 0. The number of hydrogen-bond donors (Lipinski definition) is 2. The second kappa shape index (κ2) is 7.34. The zero-order valence-corrected chi connectivity index (χ0v) is 15.4. The van der Waals surface area contributed by atoms with Crippen LogP contribution in [-0.4, -0.2) is 15.9 Å². The summed E-state index contributed by atoms with van der Waals surface area (Å²) in [6, 6.07) is 6.14. The van der Waals surface area contributed by atoms with E-state index >= 15 is 0 Å². The van der Waals surface area contributed by atoms with Crippen molar-refractivity contribution in [2.45, 2.75) is 64.0 Å². The van der Waals surface area contributed by atoms with Crippen LogP contribution >= 0.6 is 12.4 Å². The number of nitro benzene ring substituents is 1. The van der Waals surface area contributed by atoms with Crippen molar-refractivity contribution < 1.29 is 4.92 Å². The number of nitrogens with one attached hydrogen (secondary N) is 2. The molecular formula is C19H26ClN3O2. The Hall–Kier alpha value is -1.59. The highest BCUT2D eigenvalue weighted by Crippen LogP contribution is 2.37. The Morgan fingerprint density at radius 1 is 1.24 bits per heavy atom. The maximum Gasteiger partial charge on any atom is 0.270 e. The van der Waals surface area contributed by atoms with Gasteiger partial charge < -0.3 is 10.3 Å². The molecule has 0 bridgehead atoms. The van der Waals surface area contributed by atoms with Crippen LogP contribution in [-0.2, 0) is 6.42 Å². The van der Waals surface area contributed by atoms with Gasteiger partial charge in [0, 0.05) is 40.8 Å². The van der Waals surface area contributed by atoms with Gasteiger partial charge in [0.1, 0.15) is 0 Å². The summed E-state index contributed by atoms with van der Waals surface area (Å²) >= 11 is 0. The van der Waals surface area contributed by atoms with Crippen molar-refractivity contribution in [1.82, 2.24) is 10.3 Å². The van der Waals surface area contributed by atoms with Crippen molar-refractivity contribution in [2.75, 3.05) is 0 Å². The molecule has 0 aliphatic heterocycles. The van der Waals surface area contributed by atoms with Gasteiger partial charge in [-0.3, -0.25) is 10.1 Å². The van der Waals surface area contributed by atoms with Gasteiger partial charge in [0.25, 0.3) is 5.69 Å². The summed E-state index contributed by atoms with van der Waals surface area (Å²) in [7, 11) is 0. The van der Waals surface area contributed by atoms with Gasteiger partial charge >= 0.3 is 0 Å². The molecule has 1 aromatic carbocycles. The zero-order chi connectivity index (χ0) is 16.7. The molecule has 1 heterocycles. The van der Waals surface area contributed by atoms with E-state index in [2.05, 4.69) is 17.2 Å². The Bertz CT molecular complexity index is 773. The zero-order valence-electron chi connectivity index (χ0n) is 14.6. The number of fused-ring (bicyclic) bond motifs is 3. The number of aryl methyl sites for hydroxylation is 1. The third-order valence-corrected chi connectivity index (χ3v) is 5.77. The molecule has 3 unspecified atom stereocenters. The molecule has 6 heteroatoms. The van der Waals surface area contributed by atoms with Gasteiger partial charge in [-0.05, 0) is 49.7 Å². The van der Waals surface area contributed by atoms with E-state index in [-0.39, 0.29) is 23.0 Å². The lowest BCUT2D eigenvalue weighted by Crippen LogP contribution is -2.37. The molecule has 1 fully saturated rings. The van der Waals surface area contributed by atoms with Crippen LogP contribution in [0.2, 0.25) is 0 Å². The number of aromatic nitrogens is 1. The van der Waals surface area contributed by atoms with Crippen LogP contribution < -0.4 is 5.32 Å². The molecular weight excluding hydrogens is 338 g/mol. The fraction of sp³-hybridized carbons (Fsp3) is 0.579. The third kappa shape index (κ3) is 3.53. The molecule has 4 rings (SSSR count). The molecule has 0 amide bonds. The normalized spacial score (nSPS) is 26.0. The molecule has 25 heavy (non-hydrogen) atoms. The molecule has 0 radical (unpaired) electrons. The second-order valence-corrected chi connectivity index (χ2v) is 7.58. The lowest BCUT2D eigenvalue weighted by molar-refractivity contribution is -0.384. The first-order chi connectivity index (χ1) is 11.6. The van der Waals surface area contributed by atoms with Crippen LogP contribution in [0, 0.1) is 16.0 Å². The van der Waals surface area contributed by atoms with Crippen LogP contribution in [0.1, 0.15) is 62.7 Å². The summed E-state index contributed by atoms with van der Waals surface area (Å²) in [4.78, 5) is 14.3. The number of aromatic amines is 1. The molecule has 2 aliphatic carbocycles. The van der Waals surface area contributed by atoms with E-state index in [4.69, 9.17) is 0 Å². The van der Waals surface area contributed by atoms with Gasteiger partial charge in [-0.2, -0.15) is 0 Å². The van der Waals surface area contributed by atoms with Gasteiger partial charge in [-0.15, -0.1) is 12.4 Å². The average molecular weight is 364 g/mol. The highest BCUT2D eigenvalue weighted by atomic mass is 35.5. The standard InChI is InChI=1S/C19H25N3O2.ClH/c1-12-4-2-5-13(10-12)20-18-7-3-6-15-16-11-14(22(23)24)8-9-17(16)21-19(15)18;/h8-9,11-13,18,20-21H,2-7,10H2,1H3;1H. The highest BCUT2D eigenvalue weighted by Gasteiger charge is 2.28. The SMILES string of the molecule is CC1CCCC(NC2CCCc3c2[nH]c2ccc([N+](=O)[O-])cc32)C1.Cl. The van der Waals surface area contributed by atoms with Crippen LogP contribution in [0.15, 0.2) is 18.2 Å². The van der Waals surface area contributed by atoms with E-state index in [9.17, 15) is 10.1 Å². The van der Waals surface area contributed by atoms with Gasteiger partial charge in [-0.1, -0.05) is 19.8 Å². The van der Waals surface area contributed by atoms with E-state index in [1.54, 1.807) is 12.1 Å². The first-order valence-electron chi connectivity index (χ1n) is 9.16. The minimum Gasteiger partial charge on any atom is -0.357 e. The number of nitrogens with zero attached hydrogens (tertiary/aromatic N) is 1. The van der Waals surface area contributed by atoms with E-state index in [0.29, 0.717) is 12.1 Å². The molecule has 2 aromatic rings. The minimum absolute atomic E-state index is 0. The number of halogens is 1. The molecule has 2 N–H and O–H groups in total. The number of hydrogen-bond acceptors (Lipinski definition) is 3. The fourth-order valence-electron chi connectivity index (χ4n) is 4.60. The summed E-state index contributed by atoms with van der Waals surface area (Å²) in [5.41, 5.74) is 3.74. The summed E-state index contributed by atoms with van der Waals surface area (Å²) in [6.45, 7) is 2.35. The number of benzene rings is 1. The second-order valence-electron chi connectivity index (χ2n) is 7.58. The maximum absolute atomic E-state index is 11.1. The lowest BCUT2D eigenvalue weighted by atomic mass is 9.85. The Morgan fingerprint density at radius 3 is 2.84 bits per heavy atom. The summed E-state index contributed by atoms with van der Waals surface area (Å²) in [5.74, 6) is 0.810. The van der Waals surface area contributed by atoms with Crippen molar-refractivity contribution in [3.05, 3.63) is 39.6 Å². The van der Waals surface area contributed by atoms with Crippen molar-refractivity contribution in [3.8, 4) is 0 Å². The number of nitro groups is 1.